The molecule has 1 heterocycles. The number of aliphatic hydroxyl groups excluding tert-OH is 1. The van der Waals surface area contributed by atoms with E-state index in [-0.39, 0.29) is 5.38 Å². The zero-order valence-electron chi connectivity index (χ0n) is 12.2. The monoisotopic (exact) mass is 301 g/mol. The summed E-state index contributed by atoms with van der Waals surface area (Å²) in [6.45, 7) is 1.05. The summed E-state index contributed by atoms with van der Waals surface area (Å²) in [6.07, 6.45) is 4.62. The molecule has 0 radical (unpaired) electrons. The molecule has 1 aliphatic heterocycles. The minimum absolute atomic E-state index is 0.105. The van der Waals surface area contributed by atoms with Crippen LogP contribution in [0.3, 0.4) is 0 Å². The maximum atomic E-state index is 10.2. The van der Waals surface area contributed by atoms with Crippen molar-refractivity contribution in [3.05, 3.63) is 46.7 Å². The molecule has 0 spiro atoms. The summed E-state index contributed by atoms with van der Waals surface area (Å²) in [5.74, 6) is 0.505. The molecular weight excluding hydrogens is 282 g/mol. The Morgan fingerprint density at radius 1 is 1.29 bits per heavy atom. The average Bonchev–Trinajstić information content (AvgIpc) is 2.81. The molecule has 1 N–H and O–H groups in total. The Morgan fingerprint density at radius 2 is 2.10 bits per heavy atom. The minimum Gasteiger partial charge on any atom is -0.391 e. The summed E-state index contributed by atoms with van der Waals surface area (Å²) in [5, 5.41) is 10.1. The van der Waals surface area contributed by atoms with E-state index >= 15 is 0 Å². The number of nitrogens with zero attached hydrogens (tertiary/aromatic N) is 1. The van der Waals surface area contributed by atoms with Gasteiger partial charge >= 0.3 is 0 Å². The van der Waals surface area contributed by atoms with E-state index in [1.165, 1.54) is 28.0 Å². The van der Waals surface area contributed by atoms with E-state index in [9.17, 15) is 5.11 Å². The third-order valence-electron chi connectivity index (χ3n) is 5.17. The molecule has 110 valence electrons. The lowest BCUT2D eigenvalue weighted by Crippen LogP contribution is -2.32. The highest BCUT2D eigenvalue weighted by Gasteiger charge is 2.37. The molecule has 0 saturated heterocycles. The van der Waals surface area contributed by atoms with Gasteiger partial charge in [0, 0.05) is 24.9 Å². The molecule has 2 nitrogen and oxygen atoms in total. The van der Waals surface area contributed by atoms with E-state index in [0.717, 1.165) is 19.4 Å². The molecule has 1 saturated carbocycles. The van der Waals surface area contributed by atoms with E-state index in [4.69, 9.17) is 11.6 Å². The maximum Gasteiger partial charge on any atom is 0.0741 e. The summed E-state index contributed by atoms with van der Waals surface area (Å²) < 4.78 is 0. The molecule has 0 aromatic heterocycles. The van der Waals surface area contributed by atoms with Crippen LogP contribution in [-0.2, 0) is 0 Å². The van der Waals surface area contributed by atoms with Gasteiger partial charge in [0.05, 0.1) is 11.5 Å². The maximum absolute atomic E-state index is 10.2. The van der Waals surface area contributed by atoms with Gasteiger partial charge in [-0.2, -0.15) is 0 Å². The van der Waals surface area contributed by atoms with Gasteiger partial charge in [-0.15, -0.1) is 11.6 Å². The van der Waals surface area contributed by atoms with Crippen molar-refractivity contribution in [2.24, 2.45) is 5.92 Å². The number of rotatable bonds is 0. The van der Waals surface area contributed by atoms with Crippen molar-refractivity contribution < 1.29 is 5.11 Å². The van der Waals surface area contributed by atoms with Crippen molar-refractivity contribution in [3.63, 3.8) is 0 Å². The molecule has 0 amide bonds. The van der Waals surface area contributed by atoms with Crippen LogP contribution in [0.15, 0.2) is 35.5 Å². The second-order valence-electron chi connectivity index (χ2n) is 6.45. The Balaban J connectivity index is 1.90. The first-order chi connectivity index (χ1) is 10.1. The number of fused-ring (bicyclic) bond motifs is 4. The molecular formula is C18H20ClNO. The number of alkyl halides is 1. The topological polar surface area (TPSA) is 23.5 Å². The molecule has 1 aromatic carbocycles. The third-order valence-corrected chi connectivity index (χ3v) is 5.64. The van der Waals surface area contributed by atoms with Crippen molar-refractivity contribution >= 4 is 23.3 Å². The van der Waals surface area contributed by atoms with Crippen LogP contribution in [0.4, 0.5) is 0 Å². The van der Waals surface area contributed by atoms with Gasteiger partial charge in [-0.25, -0.2) is 0 Å². The van der Waals surface area contributed by atoms with Gasteiger partial charge in [-0.1, -0.05) is 29.8 Å². The van der Waals surface area contributed by atoms with Gasteiger partial charge < -0.3 is 10.0 Å². The summed E-state index contributed by atoms with van der Waals surface area (Å²) >= 11 is 6.32. The van der Waals surface area contributed by atoms with Crippen LogP contribution < -0.4 is 0 Å². The molecule has 4 rings (SSSR count). The Labute approximate surface area is 130 Å². The molecule has 3 atom stereocenters. The minimum atomic E-state index is -0.414. The van der Waals surface area contributed by atoms with Gasteiger partial charge in [0.1, 0.15) is 0 Å². The number of benzene rings is 1. The van der Waals surface area contributed by atoms with E-state index < -0.39 is 6.10 Å². The van der Waals surface area contributed by atoms with Gasteiger partial charge in [0.25, 0.3) is 0 Å². The normalized spacial score (nSPS) is 31.3. The standard InChI is InChI=1S/C18H20ClNO/c1-20-7-6-12-8-15(19)17(21)10-14(12)18-13-5-3-2-4-11(13)9-16(18)20/h2-5,9,12,15,17,21H,6-8,10H2,1H3. The van der Waals surface area contributed by atoms with E-state index in [1.807, 2.05) is 0 Å². The number of likely N-dealkylation sites (N-methyl/N-ethyl adjacent to an activating group) is 1. The highest BCUT2D eigenvalue weighted by molar-refractivity contribution is 6.21. The van der Waals surface area contributed by atoms with Gasteiger partial charge in [-0.05, 0) is 42.4 Å². The number of aliphatic hydroxyl groups is 1. The molecule has 21 heavy (non-hydrogen) atoms. The number of allylic oxidation sites excluding steroid dienone is 1. The molecule has 1 fully saturated rings. The second kappa shape index (κ2) is 4.89. The summed E-state index contributed by atoms with van der Waals surface area (Å²) in [4.78, 5) is 2.36. The van der Waals surface area contributed by atoms with Crippen LogP contribution in [0.5, 0.6) is 0 Å². The van der Waals surface area contributed by atoms with E-state index in [1.54, 1.807) is 0 Å². The Bertz CT molecular complexity index is 648. The highest BCUT2D eigenvalue weighted by atomic mass is 35.5. The Hall–Kier alpha value is -1.25. The summed E-state index contributed by atoms with van der Waals surface area (Å²) in [5.41, 5.74) is 6.71. The molecule has 2 aliphatic carbocycles. The summed E-state index contributed by atoms with van der Waals surface area (Å²) in [7, 11) is 2.17. The van der Waals surface area contributed by atoms with Gasteiger partial charge in [0.2, 0.25) is 0 Å². The van der Waals surface area contributed by atoms with Crippen molar-refractivity contribution in [1.82, 2.24) is 4.90 Å². The molecule has 3 aliphatic rings. The molecule has 1 aromatic rings. The fourth-order valence-corrected chi connectivity index (χ4v) is 4.31. The largest absolute Gasteiger partial charge is 0.391 e. The van der Waals surface area contributed by atoms with Crippen LogP contribution in [0.2, 0.25) is 0 Å². The van der Waals surface area contributed by atoms with Gasteiger partial charge in [-0.3, -0.25) is 0 Å². The first kappa shape index (κ1) is 13.4. The van der Waals surface area contributed by atoms with Crippen LogP contribution >= 0.6 is 11.6 Å². The number of halogens is 1. The molecule has 3 heteroatoms. The van der Waals surface area contributed by atoms with Crippen molar-refractivity contribution in [2.75, 3.05) is 13.6 Å². The Kier molecular flexibility index (Phi) is 3.13. The van der Waals surface area contributed by atoms with Crippen LogP contribution in [0.1, 0.15) is 30.4 Å². The number of hydrogen-bond donors (Lipinski definition) is 1. The lowest BCUT2D eigenvalue weighted by molar-refractivity contribution is 0.138. The van der Waals surface area contributed by atoms with Crippen LogP contribution in [0, 0.1) is 5.92 Å². The predicted molar refractivity (Wildman–Crippen MR) is 87.0 cm³/mol. The SMILES string of the molecule is CN1CCC2CC(Cl)C(O)CC2=C2C1=Cc1ccccc12. The quantitative estimate of drug-likeness (QED) is 0.741. The summed E-state index contributed by atoms with van der Waals surface area (Å²) in [6, 6.07) is 8.58. The molecule has 3 unspecified atom stereocenters. The van der Waals surface area contributed by atoms with Crippen molar-refractivity contribution in [1.29, 1.82) is 0 Å². The fourth-order valence-electron chi connectivity index (χ4n) is 4.01. The lowest BCUT2D eigenvalue weighted by Gasteiger charge is -2.32. The lowest BCUT2D eigenvalue weighted by atomic mass is 9.77. The van der Waals surface area contributed by atoms with Crippen LogP contribution in [-0.4, -0.2) is 35.1 Å². The Morgan fingerprint density at radius 3 is 2.95 bits per heavy atom. The first-order valence-corrected chi connectivity index (χ1v) is 8.16. The number of hydrogen-bond acceptors (Lipinski definition) is 2. The zero-order chi connectivity index (χ0) is 14.6. The van der Waals surface area contributed by atoms with E-state index in [2.05, 4.69) is 42.3 Å². The first-order valence-electron chi connectivity index (χ1n) is 7.73. The van der Waals surface area contributed by atoms with Crippen molar-refractivity contribution in [3.8, 4) is 0 Å². The third kappa shape index (κ3) is 2.04. The predicted octanol–water partition coefficient (Wildman–Crippen LogP) is 3.51. The molecule has 0 bridgehead atoms. The fraction of sp³-hybridized carbons (Fsp3) is 0.444. The van der Waals surface area contributed by atoms with Gasteiger partial charge in [0.15, 0.2) is 0 Å². The smallest absolute Gasteiger partial charge is 0.0741 e. The van der Waals surface area contributed by atoms with Crippen LogP contribution in [0.25, 0.3) is 11.6 Å². The zero-order valence-corrected chi connectivity index (χ0v) is 13.0. The highest BCUT2D eigenvalue weighted by Crippen LogP contribution is 2.48. The van der Waals surface area contributed by atoms with Crippen molar-refractivity contribution in [2.45, 2.75) is 30.7 Å². The average molecular weight is 302 g/mol. The second-order valence-corrected chi connectivity index (χ2v) is 7.01. The van der Waals surface area contributed by atoms with E-state index in [0.29, 0.717) is 12.3 Å².